The zero-order chi connectivity index (χ0) is 13.2. The summed E-state index contributed by atoms with van der Waals surface area (Å²) in [4.78, 5) is 31.4. The van der Waals surface area contributed by atoms with Crippen LogP contribution in [0.2, 0.25) is 0 Å². The molecule has 0 aliphatic heterocycles. The van der Waals surface area contributed by atoms with E-state index in [-0.39, 0.29) is 17.4 Å². The SMILES string of the molecule is O=C(Nc1nc2c(c(=O)[nH]1)CCCC2)c1cccs1. The average Bonchev–Trinajstić information content (AvgIpc) is 2.93. The van der Waals surface area contributed by atoms with Crippen molar-refractivity contribution in [2.24, 2.45) is 0 Å². The molecule has 0 atom stereocenters. The van der Waals surface area contributed by atoms with Crippen molar-refractivity contribution in [2.45, 2.75) is 25.7 Å². The van der Waals surface area contributed by atoms with Crippen LogP contribution in [-0.2, 0) is 12.8 Å². The van der Waals surface area contributed by atoms with Gasteiger partial charge in [0.15, 0.2) is 0 Å². The molecule has 1 aliphatic rings. The molecule has 0 radical (unpaired) electrons. The van der Waals surface area contributed by atoms with Gasteiger partial charge < -0.3 is 0 Å². The highest BCUT2D eigenvalue weighted by Gasteiger charge is 2.16. The molecular formula is C13H13N3O2S. The molecule has 0 bridgehead atoms. The molecule has 2 aromatic heterocycles. The number of carbonyl (C=O) groups is 1. The van der Waals surface area contributed by atoms with Crippen LogP contribution in [0.25, 0.3) is 0 Å². The lowest BCUT2D eigenvalue weighted by Crippen LogP contribution is -2.24. The van der Waals surface area contributed by atoms with E-state index in [2.05, 4.69) is 15.3 Å². The highest BCUT2D eigenvalue weighted by Crippen LogP contribution is 2.17. The Hall–Kier alpha value is -1.95. The van der Waals surface area contributed by atoms with Gasteiger partial charge in [-0.2, -0.15) is 0 Å². The maximum atomic E-state index is 11.9. The number of rotatable bonds is 2. The largest absolute Gasteiger partial charge is 0.292 e. The fraction of sp³-hybridized carbons (Fsp3) is 0.308. The normalized spacial score (nSPS) is 13.9. The van der Waals surface area contributed by atoms with Crippen LogP contribution in [0.3, 0.4) is 0 Å². The lowest BCUT2D eigenvalue weighted by atomic mass is 9.97. The Balaban J connectivity index is 1.88. The summed E-state index contributed by atoms with van der Waals surface area (Å²) in [7, 11) is 0. The highest BCUT2D eigenvalue weighted by molar-refractivity contribution is 7.12. The van der Waals surface area contributed by atoms with Crippen LogP contribution < -0.4 is 10.9 Å². The Bertz CT molecular complexity index is 661. The second-order valence-electron chi connectivity index (χ2n) is 4.48. The van der Waals surface area contributed by atoms with E-state index in [1.54, 1.807) is 6.07 Å². The minimum atomic E-state index is -0.242. The minimum Gasteiger partial charge on any atom is -0.292 e. The number of carbonyl (C=O) groups excluding carboxylic acids is 1. The summed E-state index contributed by atoms with van der Waals surface area (Å²) in [6.07, 6.45) is 3.65. The number of aromatic nitrogens is 2. The third-order valence-corrected chi connectivity index (χ3v) is 4.04. The van der Waals surface area contributed by atoms with Crippen molar-refractivity contribution in [1.29, 1.82) is 0 Å². The quantitative estimate of drug-likeness (QED) is 0.879. The molecule has 98 valence electrons. The number of hydrogen-bond donors (Lipinski definition) is 2. The van der Waals surface area contributed by atoms with E-state index in [9.17, 15) is 9.59 Å². The van der Waals surface area contributed by atoms with Crippen LogP contribution in [0, 0.1) is 0 Å². The number of aromatic amines is 1. The van der Waals surface area contributed by atoms with Crippen LogP contribution in [0.1, 0.15) is 33.8 Å². The predicted molar refractivity (Wildman–Crippen MR) is 73.8 cm³/mol. The fourth-order valence-electron chi connectivity index (χ4n) is 2.24. The average molecular weight is 275 g/mol. The lowest BCUT2D eigenvalue weighted by Gasteiger charge is -2.14. The molecule has 1 aliphatic carbocycles. The van der Waals surface area contributed by atoms with Crippen LogP contribution in [0.5, 0.6) is 0 Å². The predicted octanol–water partition coefficient (Wildman–Crippen LogP) is 1.96. The standard InChI is InChI=1S/C13H13N3O2S/c17-11-8-4-1-2-5-9(8)14-13(15-11)16-12(18)10-6-3-7-19-10/h3,6-7H,1-2,4-5H2,(H2,14,15,16,17,18). The number of fused-ring (bicyclic) bond motifs is 1. The molecular weight excluding hydrogens is 262 g/mol. The molecule has 0 saturated carbocycles. The van der Waals surface area contributed by atoms with Gasteiger partial charge in [0.05, 0.1) is 10.6 Å². The molecule has 2 N–H and O–H groups in total. The van der Waals surface area contributed by atoms with Crippen LogP contribution in [-0.4, -0.2) is 15.9 Å². The summed E-state index contributed by atoms with van der Waals surface area (Å²) in [6.45, 7) is 0. The van der Waals surface area contributed by atoms with Crippen molar-refractivity contribution >= 4 is 23.2 Å². The van der Waals surface area contributed by atoms with Crippen LogP contribution >= 0.6 is 11.3 Å². The number of anilines is 1. The molecule has 2 aromatic rings. The van der Waals surface area contributed by atoms with E-state index in [1.807, 2.05) is 11.4 Å². The minimum absolute atomic E-state index is 0.133. The van der Waals surface area contributed by atoms with E-state index in [4.69, 9.17) is 0 Å². The summed E-state index contributed by atoms with van der Waals surface area (Å²) in [5.41, 5.74) is 1.45. The number of H-pyrrole nitrogens is 1. The molecule has 0 saturated heterocycles. The third kappa shape index (κ3) is 2.44. The van der Waals surface area contributed by atoms with Gasteiger partial charge in [-0.15, -0.1) is 11.3 Å². The van der Waals surface area contributed by atoms with Crippen molar-refractivity contribution in [3.8, 4) is 0 Å². The zero-order valence-corrected chi connectivity index (χ0v) is 11.0. The van der Waals surface area contributed by atoms with Crippen molar-refractivity contribution in [2.75, 3.05) is 5.32 Å². The molecule has 1 amide bonds. The summed E-state index contributed by atoms with van der Waals surface area (Å²) in [6, 6.07) is 3.54. The lowest BCUT2D eigenvalue weighted by molar-refractivity contribution is 0.102. The van der Waals surface area contributed by atoms with Gasteiger partial charge in [0.1, 0.15) is 0 Å². The first-order valence-electron chi connectivity index (χ1n) is 6.21. The van der Waals surface area contributed by atoms with Gasteiger partial charge in [-0.1, -0.05) is 6.07 Å². The van der Waals surface area contributed by atoms with Crippen molar-refractivity contribution in [3.05, 3.63) is 44.0 Å². The first-order chi connectivity index (χ1) is 9.24. The van der Waals surface area contributed by atoms with Crippen molar-refractivity contribution < 1.29 is 4.79 Å². The van der Waals surface area contributed by atoms with Crippen molar-refractivity contribution in [1.82, 2.24) is 9.97 Å². The maximum absolute atomic E-state index is 11.9. The Kier molecular flexibility index (Phi) is 3.16. The monoisotopic (exact) mass is 275 g/mol. The van der Waals surface area contributed by atoms with Gasteiger partial charge in [0.25, 0.3) is 11.5 Å². The Labute approximate surface area is 113 Å². The second-order valence-corrected chi connectivity index (χ2v) is 5.43. The Morgan fingerprint density at radius 2 is 2.21 bits per heavy atom. The third-order valence-electron chi connectivity index (χ3n) is 3.17. The molecule has 0 unspecified atom stereocenters. The van der Waals surface area contributed by atoms with E-state index < -0.39 is 0 Å². The van der Waals surface area contributed by atoms with Gasteiger partial charge >= 0.3 is 0 Å². The number of thiophene rings is 1. The van der Waals surface area contributed by atoms with Crippen molar-refractivity contribution in [3.63, 3.8) is 0 Å². The summed E-state index contributed by atoms with van der Waals surface area (Å²) < 4.78 is 0. The second kappa shape index (κ2) is 4.97. The smallest absolute Gasteiger partial charge is 0.268 e. The van der Waals surface area contributed by atoms with E-state index in [1.165, 1.54) is 11.3 Å². The maximum Gasteiger partial charge on any atom is 0.268 e. The molecule has 0 fully saturated rings. The van der Waals surface area contributed by atoms with Gasteiger partial charge in [0.2, 0.25) is 5.95 Å². The molecule has 3 rings (SSSR count). The number of nitrogens with one attached hydrogen (secondary N) is 2. The summed E-state index contributed by atoms with van der Waals surface area (Å²) in [5.74, 6) is -0.00189. The Morgan fingerprint density at radius 3 is 3.00 bits per heavy atom. The van der Waals surface area contributed by atoms with Gasteiger partial charge in [-0.25, -0.2) is 4.98 Å². The number of nitrogens with zero attached hydrogens (tertiary/aromatic N) is 1. The first-order valence-corrected chi connectivity index (χ1v) is 7.09. The first kappa shape index (κ1) is 12.1. The fourth-order valence-corrected chi connectivity index (χ4v) is 2.86. The topological polar surface area (TPSA) is 74.8 Å². The van der Waals surface area contributed by atoms with E-state index in [0.717, 1.165) is 36.9 Å². The van der Waals surface area contributed by atoms with E-state index in [0.29, 0.717) is 4.88 Å². The molecule has 0 spiro atoms. The summed E-state index contributed by atoms with van der Waals surface area (Å²) in [5, 5.41) is 4.47. The molecule has 2 heterocycles. The molecule has 5 nitrogen and oxygen atoms in total. The van der Waals surface area contributed by atoms with E-state index >= 15 is 0 Å². The van der Waals surface area contributed by atoms with Gasteiger partial charge in [0, 0.05) is 5.56 Å². The summed E-state index contributed by atoms with van der Waals surface area (Å²) >= 11 is 1.35. The van der Waals surface area contributed by atoms with Gasteiger partial charge in [-0.3, -0.25) is 19.9 Å². The van der Waals surface area contributed by atoms with Crippen LogP contribution in [0.4, 0.5) is 5.95 Å². The molecule has 0 aromatic carbocycles. The number of aryl methyl sites for hydroxylation is 1. The number of amides is 1. The zero-order valence-electron chi connectivity index (χ0n) is 10.2. The van der Waals surface area contributed by atoms with Gasteiger partial charge in [-0.05, 0) is 37.1 Å². The molecule has 6 heteroatoms. The number of hydrogen-bond acceptors (Lipinski definition) is 4. The Morgan fingerprint density at radius 1 is 1.37 bits per heavy atom. The molecule has 19 heavy (non-hydrogen) atoms. The van der Waals surface area contributed by atoms with Crippen LogP contribution in [0.15, 0.2) is 22.3 Å². The highest BCUT2D eigenvalue weighted by atomic mass is 32.1.